The molecule has 2 rings (SSSR count). The maximum absolute atomic E-state index is 13.4. The van der Waals surface area contributed by atoms with Gasteiger partial charge in [-0.2, -0.15) is 0 Å². The smallest absolute Gasteiger partial charge is 0.343 e. The number of carbonyl (C=O) groups is 2. The van der Waals surface area contributed by atoms with Gasteiger partial charge in [0.1, 0.15) is 5.82 Å². The number of nitro groups is 1. The van der Waals surface area contributed by atoms with Crippen molar-refractivity contribution in [3.63, 3.8) is 0 Å². The van der Waals surface area contributed by atoms with Crippen LogP contribution < -0.4 is 4.74 Å². The molecule has 28 heavy (non-hydrogen) atoms. The van der Waals surface area contributed by atoms with Crippen molar-refractivity contribution in [3.05, 3.63) is 69.5 Å². The Morgan fingerprint density at radius 3 is 2.43 bits per heavy atom. The monoisotopic (exact) mass is 389 g/mol. The second-order valence-electron chi connectivity index (χ2n) is 6.51. The predicted molar refractivity (Wildman–Crippen MR) is 98.8 cm³/mol. The van der Waals surface area contributed by atoms with Crippen LogP contribution in [0.15, 0.2) is 42.5 Å². The van der Waals surface area contributed by atoms with Gasteiger partial charge >= 0.3 is 17.6 Å². The van der Waals surface area contributed by atoms with Crippen molar-refractivity contribution in [2.75, 3.05) is 6.61 Å². The van der Waals surface area contributed by atoms with Crippen molar-refractivity contribution in [3.8, 4) is 5.75 Å². The van der Waals surface area contributed by atoms with Crippen LogP contribution in [-0.2, 0) is 4.74 Å². The Morgan fingerprint density at radius 2 is 1.79 bits per heavy atom. The summed E-state index contributed by atoms with van der Waals surface area (Å²) in [5.41, 5.74) is -0.418. The molecule has 2 aromatic carbocycles. The van der Waals surface area contributed by atoms with Gasteiger partial charge in [-0.25, -0.2) is 14.0 Å². The van der Waals surface area contributed by atoms with E-state index in [0.717, 1.165) is 31.0 Å². The highest BCUT2D eigenvalue weighted by molar-refractivity contribution is 5.96. The first-order valence-corrected chi connectivity index (χ1v) is 8.71. The lowest BCUT2D eigenvalue weighted by molar-refractivity contribution is -0.385. The third kappa shape index (κ3) is 5.87. The fourth-order valence-electron chi connectivity index (χ4n) is 2.39. The van der Waals surface area contributed by atoms with Gasteiger partial charge in [-0.1, -0.05) is 19.9 Å². The van der Waals surface area contributed by atoms with Crippen LogP contribution >= 0.6 is 0 Å². The number of halogens is 1. The molecule has 0 radical (unpaired) electrons. The van der Waals surface area contributed by atoms with Crippen LogP contribution in [0.5, 0.6) is 5.75 Å². The molecule has 0 saturated carbocycles. The maximum atomic E-state index is 13.4. The molecule has 0 aliphatic heterocycles. The van der Waals surface area contributed by atoms with Crippen LogP contribution in [0.4, 0.5) is 10.1 Å². The molecule has 0 atom stereocenters. The predicted octanol–water partition coefficient (Wildman–Crippen LogP) is 4.55. The zero-order chi connectivity index (χ0) is 20.7. The second kappa shape index (κ2) is 9.59. The van der Waals surface area contributed by atoms with Gasteiger partial charge in [0.05, 0.1) is 22.7 Å². The van der Waals surface area contributed by atoms with E-state index in [9.17, 15) is 24.1 Å². The Balaban J connectivity index is 2.09. The molecular formula is C20H20FNO6. The molecule has 8 heteroatoms. The lowest BCUT2D eigenvalue weighted by Crippen LogP contribution is -2.12. The minimum absolute atomic E-state index is 0.0183. The van der Waals surface area contributed by atoms with E-state index in [4.69, 9.17) is 9.47 Å². The lowest BCUT2D eigenvalue weighted by Gasteiger charge is -2.08. The van der Waals surface area contributed by atoms with Crippen LogP contribution in [0.25, 0.3) is 0 Å². The van der Waals surface area contributed by atoms with Crippen molar-refractivity contribution >= 4 is 17.6 Å². The average Bonchev–Trinajstić information content (AvgIpc) is 2.64. The fourth-order valence-corrected chi connectivity index (χ4v) is 2.39. The molecule has 0 spiro atoms. The number of hydrogen-bond donors (Lipinski definition) is 0. The highest BCUT2D eigenvalue weighted by atomic mass is 19.1. The molecule has 0 aliphatic rings. The Hall–Kier alpha value is -3.29. The third-order valence-corrected chi connectivity index (χ3v) is 3.81. The Kier molecular flexibility index (Phi) is 7.20. The molecule has 0 saturated heterocycles. The van der Waals surface area contributed by atoms with Crippen molar-refractivity contribution in [1.29, 1.82) is 0 Å². The van der Waals surface area contributed by atoms with Gasteiger partial charge in [0.25, 0.3) is 0 Å². The third-order valence-electron chi connectivity index (χ3n) is 3.81. The summed E-state index contributed by atoms with van der Waals surface area (Å²) in [6.07, 6.45) is 1.65. The molecule has 0 amide bonds. The van der Waals surface area contributed by atoms with E-state index in [-0.39, 0.29) is 17.7 Å². The van der Waals surface area contributed by atoms with E-state index in [2.05, 4.69) is 13.8 Å². The first kappa shape index (κ1) is 21.0. The zero-order valence-corrected chi connectivity index (χ0v) is 15.5. The summed E-state index contributed by atoms with van der Waals surface area (Å²) in [4.78, 5) is 34.6. The lowest BCUT2D eigenvalue weighted by atomic mass is 10.1. The number of esters is 2. The molecule has 0 bridgehead atoms. The molecule has 0 aromatic heterocycles. The van der Waals surface area contributed by atoms with Crippen molar-refractivity contribution in [1.82, 2.24) is 0 Å². The van der Waals surface area contributed by atoms with E-state index in [1.165, 1.54) is 24.3 Å². The average molecular weight is 389 g/mol. The molecule has 0 heterocycles. The summed E-state index contributed by atoms with van der Waals surface area (Å²) in [6, 6.07) is 8.13. The van der Waals surface area contributed by atoms with E-state index in [1.54, 1.807) is 0 Å². The quantitative estimate of drug-likeness (QED) is 0.216. The number of rotatable bonds is 8. The Bertz CT molecular complexity index is 881. The van der Waals surface area contributed by atoms with Gasteiger partial charge < -0.3 is 9.47 Å². The normalized spacial score (nSPS) is 10.6. The summed E-state index contributed by atoms with van der Waals surface area (Å²) < 4.78 is 23.5. The summed E-state index contributed by atoms with van der Waals surface area (Å²) in [7, 11) is 0. The highest BCUT2D eigenvalue weighted by Gasteiger charge is 2.20. The molecule has 7 nitrogen and oxygen atoms in total. The van der Waals surface area contributed by atoms with Gasteiger partial charge in [0, 0.05) is 12.1 Å². The minimum Gasteiger partial charge on any atom is -0.462 e. The second-order valence-corrected chi connectivity index (χ2v) is 6.51. The molecular weight excluding hydrogens is 369 g/mol. The maximum Gasteiger partial charge on any atom is 0.343 e. The standard InChI is InChI=1S/C20H20FNO6/c1-13(2)5-4-10-27-19(23)14-6-3-7-15(11-14)20(24)28-18-12-16(21)8-9-17(18)22(25)26/h3,6-9,11-13H,4-5,10H2,1-2H3. The SMILES string of the molecule is CC(C)CCCOC(=O)c1cccc(C(=O)Oc2cc(F)ccc2[N+](=O)[O-])c1. The van der Waals surface area contributed by atoms with Gasteiger partial charge in [-0.05, 0) is 43.0 Å². The number of carbonyl (C=O) groups excluding carboxylic acids is 2. The Labute approximate surface area is 161 Å². The Morgan fingerprint density at radius 1 is 1.11 bits per heavy atom. The van der Waals surface area contributed by atoms with Gasteiger partial charge in [-0.15, -0.1) is 0 Å². The van der Waals surface area contributed by atoms with Crippen molar-refractivity contribution in [2.24, 2.45) is 5.92 Å². The first-order valence-electron chi connectivity index (χ1n) is 8.71. The molecule has 0 fully saturated rings. The molecule has 148 valence electrons. The van der Waals surface area contributed by atoms with E-state index in [0.29, 0.717) is 5.92 Å². The largest absolute Gasteiger partial charge is 0.462 e. The van der Waals surface area contributed by atoms with Crippen LogP contribution in [-0.4, -0.2) is 23.5 Å². The van der Waals surface area contributed by atoms with Gasteiger partial charge in [0.15, 0.2) is 0 Å². The topological polar surface area (TPSA) is 95.7 Å². The van der Waals surface area contributed by atoms with E-state index >= 15 is 0 Å². The summed E-state index contributed by atoms with van der Waals surface area (Å²) in [5, 5.41) is 11.0. The minimum atomic E-state index is -0.955. The number of nitrogens with zero attached hydrogens (tertiary/aromatic N) is 1. The summed E-state index contributed by atoms with van der Waals surface area (Å²) >= 11 is 0. The van der Waals surface area contributed by atoms with Crippen LogP contribution in [0, 0.1) is 21.8 Å². The molecule has 0 aliphatic carbocycles. The van der Waals surface area contributed by atoms with Crippen molar-refractivity contribution in [2.45, 2.75) is 26.7 Å². The van der Waals surface area contributed by atoms with E-state index in [1.807, 2.05) is 0 Å². The van der Waals surface area contributed by atoms with Gasteiger partial charge in [-0.3, -0.25) is 10.1 Å². The number of ether oxygens (including phenoxy) is 2. The molecule has 0 N–H and O–H groups in total. The summed E-state index contributed by atoms with van der Waals surface area (Å²) in [5.74, 6) is -2.34. The zero-order valence-electron chi connectivity index (χ0n) is 15.5. The number of hydrogen-bond acceptors (Lipinski definition) is 6. The van der Waals surface area contributed by atoms with Crippen molar-refractivity contribution < 1.29 is 28.4 Å². The van der Waals surface area contributed by atoms with E-state index < -0.39 is 34.1 Å². The fraction of sp³-hybridized carbons (Fsp3) is 0.300. The van der Waals surface area contributed by atoms with Crippen LogP contribution in [0.2, 0.25) is 0 Å². The number of benzene rings is 2. The first-order chi connectivity index (χ1) is 13.3. The highest BCUT2D eigenvalue weighted by Crippen LogP contribution is 2.28. The summed E-state index contributed by atoms with van der Waals surface area (Å²) in [6.45, 7) is 4.40. The van der Waals surface area contributed by atoms with Crippen LogP contribution in [0.1, 0.15) is 47.4 Å². The molecule has 0 unspecified atom stereocenters. The number of nitro benzene ring substituents is 1. The molecule has 2 aromatic rings. The van der Waals surface area contributed by atoms with Crippen LogP contribution in [0.3, 0.4) is 0 Å². The van der Waals surface area contributed by atoms with Gasteiger partial charge in [0.2, 0.25) is 5.75 Å².